The summed E-state index contributed by atoms with van der Waals surface area (Å²) in [4.78, 5) is 10.0. The van der Waals surface area contributed by atoms with Crippen molar-refractivity contribution in [2.75, 3.05) is 13.1 Å². The van der Waals surface area contributed by atoms with Gasteiger partial charge >= 0.3 is 0 Å². The van der Waals surface area contributed by atoms with E-state index >= 15 is 0 Å². The molecule has 0 unspecified atom stereocenters. The molecule has 0 aliphatic heterocycles. The lowest BCUT2D eigenvalue weighted by molar-refractivity contribution is -0.387. The van der Waals surface area contributed by atoms with Gasteiger partial charge in [-0.15, -0.1) is 12.5 Å². The lowest BCUT2D eigenvalue weighted by Gasteiger charge is -2.22. The first kappa shape index (κ1) is 17.9. The molecular weight excluding hydrogens is 304 g/mol. The molecule has 0 bridgehead atoms. The molecule has 0 saturated carbocycles. The fraction of sp³-hybridized carbons (Fsp3) is 0.333. The van der Waals surface area contributed by atoms with Crippen LogP contribution in [0.5, 0.6) is 0 Å². The van der Waals surface area contributed by atoms with Gasteiger partial charge in [0.05, 0.1) is 11.5 Å². The van der Waals surface area contributed by atoms with Crippen LogP contribution >= 0.6 is 0 Å². The van der Waals surface area contributed by atoms with Crippen LogP contribution in [0, 0.1) is 27.9 Å². The van der Waals surface area contributed by atoms with Crippen LogP contribution in [0.2, 0.25) is 0 Å². The van der Waals surface area contributed by atoms with Crippen molar-refractivity contribution in [3.63, 3.8) is 0 Å². The minimum Gasteiger partial charge on any atom is -0.258 e. The molecule has 0 spiro atoms. The first-order valence-electron chi connectivity index (χ1n) is 6.60. The summed E-state index contributed by atoms with van der Waals surface area (Å²) >= 11 is 0. The highest BCUT2D eigenvalue weighted by atomic mass is 32.2. The Morgan fingerprint density at radius 3 is 2.64 bits per heavy atom. The zero-order valence-electron chi connectivity index (χ0n) is 12.5. The van der Waals surface area contributed by atoms with Crippen molar-refractivity contribution in [2.45, 2.75) is 18.7 Å². The Kier molecular flexibility index (Phi) is 6.28. The molecule has 22 heavy (non-hydrogen) atoms. The Morgan fingerprint density at radius 1 is 1.45 bits per heavy atom. The minimum absolute atomic E-state index is 0.0247. The Hall–Kier alpha value is -2.17. The van der Waals surface area contributed by atoms with Crippen LogP contribution in [0.1, 0.15) is 13.8 Å². The fourth-order valence-corrected chi connectivity index (χ4v) is 3.38. The molecule has 0 radical (unpaired) electrons. The molecule has 1 aromatic rings. The molecule has 0 heterocycles. The van der Waals surface area contributed by atoms with E-state index in [1.54, 1.807) is 13.0 Å². The Balaban J connectivity index is 3.34. The van der Waals surface area contributed by atoms with E-state index in [4.69, 9.17) is 0 Å². The van der Waals surface area contributed by atoms with Crippen molar-refractivity contribution < 1.29 is 13.3 Å². The summed E-state index contributed by atoms with van der Waals surface area (Å²) in [6, 6.07) is 5.30. The normalized spacial score (nSPS) is 12.3. The number of nitrogens with zero attached hydrogens (tertiary/aromatic N) is 2. The summed E-state index contributed by atoms with van der Waals surface area (Å²) in [7, 11) is -4.01. The van der Waals surface area contributed by atoms with Crippen molar-refractivity contribution in [3.05, 3.63) is 47.0 Å². The van der Waals surface area contributed by atoms with Crippen molar-refractivity contribution in [3.8, 4) is 11.8 Å². The number of rotatable bonds is 7. The summed E-state index contributed by atoms with van der Waals surface area (Å²) in [6.07, 6.45) is 1.63. The van der Waals surface area contributed by atoms with Gasteiger partial charge < -0.3 is 0 Å². The Morgan fingerprint density at radius 2 is 2.09 bits per heavy atom. The number of nitro benzene ring substituents is 1. The van der Waals surface area contributed by atoms with E-state index in [0.717, 1.165) is 4.31 Å². The van der Waals surface area contributed by atoms with E-state index < -0.39 is 20.6 Å². The topological polar surface area (TPSA) is 80.5 Å². The lowest BCUT2D eigenvalue weighted by Crippen LogP contribution is -2.35. The third kappa shape index (κ3) is 4.16. The summed E-state index contributed by atoms with van der Waals surface area (Å²) in [6.45, 7) is 7.18. The molecule has 0 aliphatic rings. The van der Waals surface area contributed by atoms with Gasteiger partial charge in [-0.05, 0) is 18.9 Å². The van der Waals surface area contributed by atoms with Crippen LogP contribution in [0.3, 0.4) is 0 Å². The second kappa shape index (κ2) is 7.73. The van der Waals surface area contributed by atoms with E-state index in [1.165, 1.54) is 24.3 Å². The zero-order valence-corrected chi connectivity index (χ0v) is 13.3. The molecule has 118 valence electrons. The van der Waals surface area contributed by atoms with Crippen molar-refractivity contribution in [2.24, 2.45) is 5.92 Å². The highest BCUT2D eigenvalue weighted by Gasteiger charge is 2.31. The van der Waals surface area contributed by atoms with E-state index in [2.05, 4.69) is 18.4 Å². The SMILES string of the molecule is C=C[C@@H](C)CN(CC#CC)S(=O)(=O)c1ccccc1[N+](=O)[O-]. The number of hydrogen-bond donors (Lipinski definition) is 0. The maximum Gasteiger partial charge on any atom is 0.289 e. The summed E-state index contributed by atoms with van der Waals surface area (Å²) in [5.74, 6) is 5.23. The van der Waals surface area contributed by atoms with Gasteiger partial charge in [0.2, 0.25) is 0 Å². The maximum absolute atomic E-state index is 12.7. The predicted octanol–water partition coefficient (Wildman–Crippen LogP) is 2.43. The first-order valence-corrected chi connectivity index (χ1v) is 8.04. The molecule has 1 aromatic carbocycles. The average molecular weight is 322 g/mol. The third-order valence-electron chi connectivity index (χ3n) is 3.01. The van der Waals surface area contributed by atoms with Gasteiger partial charge in [-0.1, -0.05) is 31.1 Å². The van der Waals surface area contributed by atoms with Crippen LogP contribution in [0.4, 0.5) is 5.69 Å². The van der Waals surface area contributed by atoms with Crippen LogP contribution in [0.15, 0.2) is 41.8 Å². The van der Waals surface area contributed by atoms with Gasteiger partial charge in [-0.3, -0.25) is 10.1 Å². The second-order valence-corrected chi connectivity index (χ2v) is 6.57. The molecule has 7 heteroatoms. The smallest absolute Gasteiger partial charge is 0.258 e. The number of para-hydroxylation sites is 1. The standard InChI is InChI=1S/C15H18N2O4S/c1-4-6-11-16(12-13(3)5-2)22(20,21)15-10-8-7-9-14(15)17(18)19/h5,7-10,13H,2,11-12H2,1,3H3/t13-/m1/s1. The monoisotopic (exact) mass is 322 g/mol. The van der Waals surface area contributed by atoms with Crippen LogP contribution in [-0.4, -0.2) is 30.7 Å². The molecule has 6 nitrogen and oxygen atoms in total. The predicted molar refractivity (Wildman–Crippen MR) is 84.7 cm³/mol. The van der Waals surface area contributed by atoms with Gasteiger partial charge in [-0.25, -0.2) is 8.42 Å². The van der Waals surface area contributed by atoms with Gasteiger partial charge in [0.1, 0.15) is 0 Å². The molecule has 1 atom stereocenters. The first-order chi connectivity index (χ1) is 10.3. The van der Waals surface area contributed by atoms with Crippen molar-refractivity contribution in [1.82, 2.24) is 4.31 Å². The Labute approximate surface area is 130 Å². The van der Waals surface area contributed by atoms with Gasteiger partial charge in [0, 0.05) is 12.6 Å². The number of benzene rings is 1. The fourth-order valence-electron chi connectivity index (χ4n) is 1.78. The van der Waals surface area contributed by atoms with Gasteiger partial charge in [-0.2, -0.15) is 4.31 Å². The zero-order chi connectivity index (χ0) is 16.8. The summed E-state index contributed by atoms with van der Waals surface area (Å²) in [5.41, 5.74) is -0.441. The molecule has 0 fully saturated rings. The van der Waals surface area contributed by atoms with Crippen molar-refractivity contribution in [1.29, 1.82) is 0 Å². The van der Waals surface area contributed by atoms with Crippen LogP contribution in [-0.2, 0) is 10.0 Å². The van der Waals surface area contributed by atoms with E-state index in [1.807, 2.05) is 6.92 Å². The summed E-state index contributed by atoms with van der Waals surface area (Å²) < 4.78 is 26.6. The highest BCUT2D eigenvalue weighted by molar-refractivity contribution is 7.89. The molecule has 0 N–H and O–H groups in total. The molecule has 0 aliphatic carbocycles. The average Bonchev–Trinajstić information content (AvgIpc) is 2.50. The largest absolute Gasteiger partial charge is 0.289 e. The molecule has 0 amide bonds. The molecule has 1 rings (SSSR count). The van der Waals surface area contributed by atoms with Gasteiger partial charge in [0.15, 0.2) is 4.90 Å². The quantitative estimate of drug-likeness (QED) is 0.334. The third-order valence-corrected chi connectivity index (χ3v) is 4.86. The molecule has 0 aromatic heterocycles. The van der Waals surface area contributed by atoms with Gasteiger partial charge in [0.25, 0.3) is 15.7 Å². The van der Waals surface area contributed by atoms with E-state index in [-0.39, 0.29) is 23.9 Å². The number of sulfonamides is 1. The Bertz CT molecular complexity index is 717. The van der Waals surface area contributed by atoms with E-state index in [0.29, 0.717) is 0 Å². The number of hydrogen-bond acceptors (Lipinski definition) is 4. The summed E-state index contributed by atoms with van der Waals surface area (Å²) in [5, 5.41) is 11.1. The van der Waals surface area contributed by atoms with Crippen LogP contribution in [0.25, 0.3) is 0 Å². The van der Waals surface area contributed by atoms with Crippen molar-refractivity contribution >= 4 is 15.7 Å². The second-order valence-electron chi connectivity index (χ2n) is 4.66. The minimum atomic E-state index is -4.01. The van der Waals surface area contributed by atoms with E-state index in [9.17, 15) is 18.5 Å². The molecular formula is C15H18N2O4S. The highest BCUT2D eigenvalue weighted by Crippen LogP contribution is 2.26. The number of nitro groups is 1. The lowest BCUT2D eigenvalue weighted by atomic mass is 10.2. The van der Waals surface area contributed by atoms with Crippen LogP contribution < -0.4 is 0 Å². The maximum atomic E-state index is 12.7. The molecule has 0 saturated heterocycles.